The number of nitro benzene ring substituents is 1. The minimum Gasteiger partial charge on any atom is -0.467 e. The van der Waals surface area contributed by atoms with E-state index in [1.165, 1.54) is 12.3 Å². The van der Waals surface area contributed by atoms with Crippen molar-refractivity contribution in [2.75, 3.05) is 18.5 Å². The van der Waals surface area contributed by atoms with Crippen LogP contribution in [0.2, 0.25) is 0 Å². The molecule has 0 spiro atoms. The fourth-order valence-corrected chi connectivity index (χ4v) is 3.45. The van der Waals surface area contributed by atoms with Gasteiger partial charge in [0.05, 0.1) is 22.6 Å². The van der Waals surface area contributed by atoms with Gasteiger partial charge >= 0.3 is 5.97 Å². The van der Waals surface area contributed by atoms with Crippen LogP contribution in [0.4, 0.5) is 11.4 Å². The van der Waals surface area contributed by atoms with Crippen LogP contribution >= 0.6 is 0 Å². The first-order chi connectivity index (χ1) is 14.9. The van der Waals surface area contributed by atoms with Gasteiger partial charge in [0.25, 0.3) is 11.6 Å². The van der Waals surface area contributed by atoms with Crippen LogP contribution in [0.5, 0.6) is 0 Å². The number of nitrogens with zero attached hydrogens (tertiary/aromatic N) is 1. The Morgan fingerprint density at radius 1 is 1.22 bits per heavy atom. The molecule has 32 heavy (non-hydrogen) atoms. The number of carbonyl (C=O) groups excluding carboxylic acids is 2. The smallest absolute Gasteiger partial charge is 0.321 e. The minimum atomic E-state index is -4.26. The molecule has 13 heteroatoms. The van der Waals surface area contributed by atoms with Crippen molar-refractivity contribution < 1.29 is 32.1 Å². The summed E-state index contributed by atoms with van der Waals surface area (Å²) in [6.07, 6.45) is 1.45. The number of amides is 1. The molecule has 0 bridgehead atoms. The molecule has 1 aromatic carbocycles. The average Bonchev–Trinajstić information content (AvgIpc) is 3.21. The molecule has 1 heterocycles. The van der Waals surface area contributed by atoms with E-state index in [2.05, 4.69) is 10.6 Å². The Morgan fingerprint density at radius 3 is 2.53 bits per heavy atom. The number of nitro groups is 1. The zero-order valence-corrected chi connectivity index (χ0v) is 18.5. The van der Waals surface area contributed by atoms with E-state index < -0.39 is 56.1 Å². The van der Waals surface area contributed by atoms with E-state index in [9.17, 15) is 28.1 Å². The summed E-state index contributed by atoms with van der Waals surface area (Å²) in [5.41, 5.74) is -0.894. The van der Waals surface area contributed by atoms with Crippen molar-refractivity contribution in [3.8, 4) is 0 Å². The quantitative estimate of drug-likeness (QED) is 0.266. The molecule has 0 aliphatic carbocycles. The van der Waals surface area contributed by atoms with Crippen molar-refractivity contribution in [2.24, 2.45) is 0 Å². The lowest BCUT2D eigenvalue weighted by Gasteiger charge is -2.20. The second-order valence-corrected chi connectivity index (χ2v) is 9.42. The van der Waals surface area contributed by atoms with Gasteiger partial charge in [0.1, 0.15) is 18.0 Å². The Hall–Kier alpha value is -3.45. The van der Waals surface area contributed by atoms with Gasteiger partial charge in [0, 0.05) is 11.6 Å². The molecule has 1 aromatic heterocycles. The highest BCUT2D eigenvalue weighted by Gasteiger charge is 2.23. The van der Waals surface area contributed by atoms with Crippen molar-refractivity contribution in [3.05, 3.63) is 52.5 Å². The highest BCUT2D eigenvalue weighted by atomic mass is 32.2. The molecular weight excluding hydrogens is 444 g/mol. The van der Waals surface area contributed by atoms with E-state index in [0.29, 0.717) is 5.76 Å². The minimum absolute atomic E-state index is 0.0922. The predicted octanol–water partition coefficient (Wildman–Crippen LogP) is 1.54. The maximum Gasteiger partial charge on any atom is 0.321 e. The van der Waals surface area contributed by atoms with Gasteiger partial charge in [-0.1, -0.05) is 0 Å². The number of ether oxygens (including phenoxy) is 1. The molecule has 0 radical (unpaired) electrons. The monoisotopic (exact) mass is 468 g/mol. The average molecular weight is 468 g/mol. The normalized spacial score (nSPS) is 11.6. The van der Waals surface area contributed by atoms with E-state index >= 15 is 0 Å². The molecule has 0 saturated carbocycles. The largest absolute Gasteiger partial charge is 0.467 e. The van der Waals surface area contributed by atoms with Gasteiger partial charge in [-0.05, 0) is 45.0 Å². The molecule has 12 nitrogen and oxygen atoms in total. The fraction of sp³-hybridized carbons (Fsp3) is 0.368. The summed E-state index contributed by atoms with van der Waals surface area (Å²) in [6.45, 7) is 4.08. The number of benzene rings is 1. The Bertz CT molecular complexity index is 1080. The second kappa shape index (κ2) is 10.2. The van der Waals surface area contributed by atoms with Crippen LogP contribution in [0.25, 0.3) is 0 Å². The van der Waals surface area contributed by atoms with Crippen LogP contribution < -0.4 is 15.4 Å². The van der Waals surface area contributed by atoms with Gasteiger partial charge in [-0.15, -0.1) is 0 Å². The summed E-state index contributed by atoms with van der Waals surface area (Å²) in [7, 11) is -4.26. The third-order valence-electron chi connectivity index (χ3n) is 3.79. The molecule has 1 amide bonds. The van der Waals surface area contributed by atoms with Crippen molar-refractivity contribution in [1.29, 1.82) is 0 Å². The van der Waals surface area contributed by atoms with Gasteiger partial charge in [-0.3, -0.25) is 19.7 Å². The fourth-order valence-electron chi connectivity index (χ4n) is 2.46. The lowest BCUT2D eigenvalue weighted by Crippen LogP contribution is -2.43. The van der Waals surface area contributed by atoms with E-state index in [-0.39, 0.29) is 12.2 Å². The van der Waals surface area contributed by atoms with Crippen molar-refractivity contribution in [1.82, 2.24) is 10.0 Å². The molecular formula is C19H24N4O8S. The van der Waals surface area contributed by atoms with Crippen molar-refractivity contribution in [2.45, 2.75) is 37.8 Å². The molecule has 0 aliphatic heterocycles. The lowest BCUT2D eigenvalue weighted by atomic mass is 10.1. The van der Waals surface area contributed by atoms with E-state index in [0.717, 1.165) is 12.1 Å². The number of sulfonamides is 1. The van der Waals surface area contributed by atoms with Crippen molar-refractivity contribution in [3.63, 3.8) is 0 Å². The molecule has 0 atom stereocenters. The molecule has 0 aliphatic rings. The summed E-state index contributed by atoms with van der Waals surface area (Å²) in [5.74, 6) is -0.988. The SMILES string of the molecule is CC(C)(C)NC(=O)COC(=O)CNS(=O)(=O)c1ccc(NCc2ccco2)c([N+](=O)[O-])c1. The number of esters is 1. The Morgan fingerprint density at radius 2 is 1.94 bits per heavy atom. The number of hydrogen-bond acceptors (Lipinski definition) is 9. The van der Waals surface area contributed by atoms with Crippen LogP contribution in [-0.4, -0.2) is 43.9 Å². The van der Waals surface area contributed by atoms with Crippen molar-refractivity contribution >= 4 is 33.3 Å². The van der Waals surface area contributed by atoms with Crippen LogP contribution in [0.3, 0.4) is 0 Å². The van der Waals surface area contributed by atoms with Crippen LogP contribution in [0, 0.1) is 10.1 Å². The first-order valence-corrected chi connectivity index (χ1v) is 10.9. The van der Waals surface area contributed by atoms with E-state index in [1.807, 2.05) is 4.72 Å². The number of carbonyl (C=O) groups is 2. The van der Waals surface area contributed by atoms with Crippen LogP contribution in [0.1, 0.15) is 26.5 Å². The number of furan rings is 1. The maximum absolute atomic E-state index is 12.4. The number of hydrogen-bond donors (Lipinski definition) is 3. The van der Waals surface area contributed by atoms with Gasteiger partial charge < -0.3 is 19.8 Å². The van der Waals surface area contributed by atoms with Crippen LogP contribution in [0.15, 0.2) is 45.9 Å². The Kier molecular flexibility index (Phi) is 7.94. The molecule has 3 N–H and O–H groups in total. The summed E-state index contributed by atoms with van der Waals surface area (Å²) in [6, 6.07) is 6.60. The predicted molar refractivity (Wildman–Crippen MR) is 113 cm³/mol. The first-order valence-electron chi connectivity index (χ1n) is 9.38. The third kappa shape index (κ3) is 7.67. The number of rotatable bonds is 10. The topological polar surface area (TPSA) is 170 Å². The molecule has 0 saturated heterocycles. The molecule has 2 rings (SSSR count). The Balaban J connectivity index is 2.00. The Labute approximate surface area is 184 Å². The zero-order chi connectivity index (χ0) is 23.9. The summed E-state index contributed by atoms with van der Waals surface area (Å²) in [4.78, 5) is 33.7. The van der Waals surface area contributed by atoms with E-state index in [1.54, 1.807) is 32.9 Å². The highest BCUT2D eigenvalue weighted by Crippen LogP contribution is 2.28. The maximum atomic E-state index is 12.4. The van der Waals surface area contributed by atoms with Gasteiger partial charge in [0.15, 0.2) is 6.61 Å². The molecule has 2 aromatic rings. The number of nitrogens with one attached hydrogen (secondary N) is 3. The summed E-state index contributed by atoms with van der Waals surface area (Å²) < 4.78 is 36.7. The zero-order valence-electron chi connectivity index (χ0n) is 17.7. The summed E-state index contributed by atoms with van der Waals surface area (Å²) in [5, 5.41) is 16.8. The van der Waals surface area contributed by atoms with Crippen LogP contribution in [-0.2, 0) is 30.9 Å². The molecule has 0 unspecified atom stereocenters. The molecule has 0 fully saturated rings. The van der Waals surface area contributed by atoms with Gasteiger partial charge in [-0.2, -0.15) is 4.72 Å². The third-order valence-corrected chi connectivity index (χ3v) is 5.19. The first kappa shape index (κ1) is 24.8. The standard InChI is InChI=1S/C19H24N4O8S/c1-19(2,3)22-17(24)12-31-18(25)11-21-32(28,29)14-6-7-15(16(9-14)23(26)27)20-10-13-5-4-8-30-13/h4-9,20-21H,10-12H2,1-3H3,(H,22,24). The van der Waals surface area contributed by atoms with Gasteiger partial charge in [-0.25, -0.2) is 8.42 Å². The van der Waals surface area contributed by atoms with Gasteiger partial charge in [0.2, 0.25) is 10.0 Å². The number of anilines is 1. The molecule has 174 valence electrons. The van der Waals surface area contributed by atoms with E-state index in [4.69, 9.17) is 9.15 Å². The lowest BCUT2D eigenvalue weighted by molar-refractivity contribution is -0.384. The second-order valence-electron chi connectivity index (χ2n) is 7.65. The highest BCUT2D eigenvalue weighted by molar-refractivity contribution is 7.89. The summed E-state index contributed by atoms with van der Waals surface area (Å²) >= 11 is 0.